The molecule has 0 aromatic rings. The van der Waals surface area contributed by atoms with Crippen LogP contribution in [-0.4, -0.2) is 47.4 Å². The molecule has 1 amide bonds. The number of amides is 1. The zero-order chi connectivity index (χ0) is 58.5. The third-order valence-corrected chi connectivity index (χ3v) is 18.2. The van der Waals surface area contributed by atoms with Crippen LogP contribution in [0.15, 0.2) is 0 Å². The Hall–Kier alpha value is -1.14. The van der Waals surface area contributed by atoms with Crippen molar-refractivity contribution in [2.45, 2.75) is 456 Å². The Morgan fingerprint density at radius 1 is 0.296 bits per heavy atom. The second-order valence-corrected chi connectivity index (χ2v) is 26.4. The number of hydrogen-bond acceptors (Lipinski definition) is 5. The van der Waals surface area contributed by atoms with Gasteiger partial charge in [-0.15, -0.1) is 0 Å². The Bertz CT molecular complexity index is 1180. The second-order valence-electron chi connectivity index (χ2n) is 26.4. The van der Waals surface area contributed by atoms with Gasteiger partial charge in [0.1, 0.15) is 0 Å². The van der Waals surface area contributed by atoms with Gasteiger partial charge in [0.2, 0.25) is 5.91 Å². The van der Waals surface area contributed by atoms with Crippen molar-refractivity contribution in [3.05, 3.63) is 0 Å². The highest BCUT2D eigenvalue weighted by Crippen LogP contribution is 2.20. The largest absolute Gasteiger partial charge is 0.466 e. The minimum Gasteiger partial charge on any atom is -0.466 e. The molecule has 0 fully saturated rings. The normalized spacial score (nSPS) is 12.4. The molecule has 0 bridgehead atoms. The first-order chi connectivity index (χ1) is 40.0. The van der Waals surface area contributed by atoms with Gasteiger partial charge in [-0.3, -0.25) is 9.59 Å². The van der Waals surface area contributed by atoms with Gasteiger partial charge in [0, 0.05) is 12.8 Å². The van der Waals surface area contributed by atoms with Gasteiger partial charge >= 0.3 is 5.97 Å². The van der Waals surface area contributed by atoms with Gasteiger partial charge < -0.3 is 20.3 Å². The summed E-state index contributed by atoms with van der Waals surface area (Å²) in [6.45, 7) is 5.00. The SMILES string of the molecule is CCCCCCCCCCCCCCCCCCCC(=O)OCCCCCCCCCCCCCCCCCCCCCCCCCCCCCCCCCCCCCC(=O)NC(CO)C(O)CCCCCCCCCCCCCC. The topological polar surface area (TPSA) is 95.9 Å². The molecule has 0 aromatic carbocycles. The smallest absolute Gasteiger partial charge is 0.305 e. The van der Waals surface area contributed by atoms with Gasteiger partial charge in [-0.05, 0) is 25.7 Å². The Labute approximate surface area is 508 Å². The van der Waals surface area contributed by atoms with Crippen molar-refractivity contribution >= 4 is 11.9 Å². The first-order valence-electron chi connectivity index (χ1n) is 37.8. The fourth-order valence-corrected chi connectivity index (χ4v) is 12.4. The lowest BCUT2D eigenvalue weighted by molar-refractivity contribution is -0.143. The maximum absolute atomic E-state index is 12.5. The number of aliphatic hydroxyl groups excluding tert-OH is 2. The predicted molar refractivity (Wildman–Crippen MR) is 357 cm³/mol. The molecule has 0 spiro atoms. The maximum atomic E-state index is 12.5. The van der Waals surface area contributed by atoms with E-state index in [9.17, 15) is 19.8 Å². The fourth-order valence-electron chi connectivity index (χ4n) is 12.4. The van der Waals surface area contributed by atoms with Crippen molar-refractivity contribution < 1.29 is 24.5 Å². The van der Waals surface area contributed by atoms with Crippen molar-refractivity contribution in [2.75, 3.05) is 13.2 Å². The number of hydrogen-bond donors (Lipinski definition) is 3. The average molecular weight is 1150 g/mol. The molecule has 2 unspecified atom stereocenters. The number of unbranched alkanes of at least 4 members (excludes halogenated alkanes) is 61. The van der Waals surface area contributed by atoms with Crippen molar-refractivity contribution in [2.24, 2.45) is 0 Å². The first kappa shape index (κ1) is 79.9. The molecule has 81 heavy (non-hydrogen) atoms. The molecule has 0 radical (unpaired) electrons. The van der Waals surface area contributed by atoms with Crippen molar-refractivity contribution in [1.29, 1.82) is 0 Å². The molecule has 2 atom stereocenters. The van der Waals surface area contributed by atoms with E-state index in [2.05, 4.69) is 19.2 Å². The Morgan fingerprint density at radius 2 is 0.506 bits per heavy atom. The van der Waals surface area contributed by atoms with Gasteiger partial charge in [-0.25, -0.2) is 0 Å². The standard InChI is InChI=1S/C75H149NO5/c1-3-5-7-9-11-13-15-17-18-38-42-45-49-53-57-61-65-69-75(80)81-70-66-62-58-54-50-46-43-40-37-35-33-31-29-27-25-23-21-19-20-22-24-26-28-30-32-34-36-39-41-44-48-52-56-60-64-68-74(79)76-72(71-77)73(78)67-63-59-55-51-47-16-14-12-10-8-6-4-2/h72-73,77-78H,3-71H2,1-2H3,(H,76,79). The van der Waals surface area contributed by atoms with Gasteiger partial charge in [-0.2, -0.15) is 0 Å². The molecule has 0 aliphatic heterocycles. The third-order valence-electron chi connectivity index (χ3n) is 18.2. The lowest BCUT2D eigenvalue weighted by Crippen LogP contribution is -2.45. The zero-order valence-corrected chi connectivity index (χ0v) is 55.6. The molecule has 3 N–H and O–H groups in total. The molecular formula is C75H149NO5. The quantitative estimate of drug-likeness (QED) is 0.0417. The van der Waals surface area contributed by atoms with Gasteiger partial charge in [-0.1, -0.05) is 406 Å². The van der Waals surface area contributed by atoms with E-state index in [1.54, 1.807) is 0 Å². The van der Waals surface area contributed by atoms with Gasteiger partial charge in [0.15, 0.2) is 0 Å². The Morgan fingerprint density at radius 3 is 0.753 bits per heavy atom. The van der Waals surface area contributed by atoms with Crippen LogP contribution in [0.4, 0.5) is 0 Å². The van der Waals surface area contributed by atoms with E-state index in [0.29, 0.717) is 25.9 Å². The van der Waals surface area contributed by atoms with E-state index in [1.807, 2.05) is 0 Å². The van der Waals surface area contributed by atoms with E-state index in [1.165, 1.54) is 372 Å². The van der Waals surface area contributed by atoms with Gasteiger partial charge in [0.25, 0.3) is 0 Å². The fraction of sp³-hybridized carbons (Fsp3) is 0.973. The molecule has 0 rings (SSSR count). The van der Waals surface area contributed by atoms with E-state index in [-0.39, 0.29) is 18.5 Å². The van der Waals surface area contributed by atoms with Crippen LogP contribution < -0.4 is 5.32 Å². The zero-order valence-electron chi connectivity index (χ0n) is 55.6. The number of nitrogens with one attached hydrogen (secondary N) is 1. The number of carbonyl (C=O) groups is 2. The van der Waals surface area contributed by atoms with Crippen LogP contribution in [0.5, 0.6) is 0 Å². The lowest BCUT2D eigenvalue weighted by Gasteiger charge is -2.22. The monoisotopic (exact) mass is 1140 g/mol. The minimum atomic E-state index is -0.658. The highest BCUT2D eigenvalue weighted by atomic mass is 16.5. The summed E-state index contributed by atoms with van der Waals surface area (Å²) in [6, 6.07) is -0.535. The summed E-state index contributed by atoms with van der Waals surface area (Å²) in [5.41, 5.74) is 0. The van der Waals surface area contributed by atoms with E-state index >= 15 is 0 Å². The van der Waals surface area contributed by atoms with Crippen molar-refractivity contribution in [3.63, 3.8) is 0 Å². The lowest BCUT2D eigenvalue weighted by atomic mass is 10.0. The number of esters is 1. The summed E-state index contributed by atoms with van der Waals surface area (Å²) >= 11 is 0. The molecule has 0 aliphatic carbocycles. The van der Waals surface area contributed by atoms with E-state index in [4.69, 9.17) is 4.74 Å². The molecule has 0 heterocycles. The summed E-state index contributed by atoms with van der Waals surface area (Å²) < 4.78 is 5.52. The minimum absolute atomic E-state index is 0.0271. The molecule has 0 saturated heterocycles. The molecule has 6 nitrogen and oxygen atoms in total. The van der Waals surface area contributed by atoms with Crippen LogP contribution in [0.1, 0.15) is 444 Å². The van der Waals surface area contributed by atoms with Crippen molar-refractivity contribution in [1.82, 2.24) is 5.32 Å². The van der Waals surface area contributed by atoms with Crippen LogP contribution in [0.2, 0.25) is 0 Å². The van der Waals surface area contributed by atoms with Crippen LogP contribution in [0.3, 0.4) is 0 Å². The average Bonchev–Trinajstić information content (AvgIpc) is 3.47. The molecule has 6 heteroatoms. The predicted octanol–water partition coefficient (Wildman–Crippen LogP) is 24.5. The molecular weight excluding hydrogens is 995 g/mol. The summed E-state index contributed by atoms with van der Waals surface area (Å²) in [7, 11) is 0. The van der Waals surface area contributed by atoms with Crippen LogP contribution >= 0.6 is 0 Å². The summed E-state index contributed by atoms with van der Waals surface area (Å²) in [4.78, 5) is 24.6. The van der Waals surface area contributed by atoms with Crippen LogP contribution in [0, 0.1) is 0 Å². The highest BCUT2D eigenvalue weighted by Gasteiger charge is 2.20. The van der Waals surface area contributed by atoms with E-state index < -0.39 is 12.1 Å². The molecule has 0 aromatic heterocycles. The summed E-state index contributed by atoms with van der Waals surface area (Å²) in [5, 5.41) is 23.3. The second kappa shape index (κ2) is 71.3. The number of ether oxygens (including phenoxy) is 1. The first-order valence-corrected chi connectivity index (χ1v) is 37.8. The van der Waals surface area contributed by atoms with Crippen LogP contribution in [0.25, 0.3) is 0 Å². The number of carbonyl (C=O) groups excluding carboxylic acids is 2. The van der Waals surface area contributed by atoms with E-state index in [0.717, 1.165) is 38.5 Å². The Balaban J connectivity index is 3.27. The number of aliphatic hydroxyl groups is 2. The highest BCUT2D eigenvalue weighted by molar-refractivity contribution is 5.76. The van der Waals surface area contributed by atoms with Crippen molar-refractivity contribution in [3.8, 4) is 0 Å². The Kier molecular flexibility index (Phi) is 70.3. The number of rotatable bonds is 72. The van der Waals surface area contributed by atoms with Gasteiger partial charge in [0.05, 0.1) is 25.4 Å². The maximum Gasteiger partial charge on any atom is 0.305 e. The van der Waals surface area contributed by atoms with Crippen LogP contribution in [-0.2, 0) is 14.3 Å². The summed E-state index contributed by atoms with van der Waals surface area (Å²) in [6.07, 6.45) is 87.7. The summed E-state index contributed by atoms with van der Waals surface area (Å²) in [5.74, 6) is 0.000717. The molecule has 0 saturated carbocycles. The molecule has 484 valence electrons. The third kappa shape index (κ3) is 67.9. The molecule has 0 aliphatic rings.